The first-order valence-electron chi connectivity index (χ1n) is 14.7. The number of rotatable bonds is 0. The fourth-order valence-corrected chi connectivity index (χ4v) is 7.89. The van der Waals surface area contributed by atoms with Gasteiger partial charge in [-0.05, 0) is 77.3 Å². The third-order valence-electron chi connectivity index (χ3n) is 9.60. The van der Waals surface area contributed by atoms with E-state index in [0.717, 1.165) is 0 Å². The lowest BCUT2D eigenvalue weighted by atomic mass is 9.42. The summed E-state index contributed by atoms with van der Waals surface area (Å²) in [5.41, 5.74) is 10.7. The van der Waals surface area contributed by atoms with E-state index in [1.807, 2.05) is 0 Å². The van der Waals surface area contributed by atoms with Crippen molar-refractivity contribution in [2.24, 2.45) is 0 Å². The first kappa shape index (κ1) is 22.4. The lowest BCUT2D eigenvalue weighted by molar-refractivity contribution is 1.37. The molecule has 0 fully saturated rings. The monoisotopic (exact) mass is 529 g/mol. The topological polar surface area (TPSA) is 3.24 Å². The zero-order valence-electron chi connectivity index (χ0n) is 22.9. The molecule has 10 rings (SSSR count). The van der Waals surface area contributed by atoms with Crippen LogP contribution in [0.25, 0.3) is 65.3 Å². The van der Waals surface area contributed by atoms with Gasteiger partial charge in [0.05, 0.1) is 0 Å². The molecule has 0 aromatic heterocycles. The molecular formula is C40H24BN. The van der Waals surface area contributed by atoms with Crippen molar-refractivity contribution in [3.63, 3.8) is 0 Å². The molecule has 0 spiro atoms. The molecule has 2 heteroatoms. The first-order valence-corrected chi connectivity index (χ1v) is 14.7. The normalized spacial score (nSPS) is 13.1. The van der Waals surface area contributed by atoms with Crippen molar-refractivity contribution >= 4 is 72.2 Å². The Hall–Kier alpha value is -5.34. The Kier molecular flexibility index (Phi) is 4.32. The molecule has 192 valence electrons. The lowest BCUT2D eigenvalue weighted by Gasteiger charge is -2.44. The molecular weight excluding hydrogens is 505 g/mol. The molecule has 0 aliphatic carbocycles. The minimum absolute atomic E-state index is 0.0616. The van der Waals surface area contributed by atoms with Crippen LogP contribution in [0.4, 0.5) is 11.4 Å². The van der Waals surface area contributed by atoms with Gasteiger partial charge in [-0.3, -0.25) is 0 Å². The Morgan fingerprint density at radius 2 is 0.643 bits per heavy atom. The van der Waals surface area contributed by atoms with Crippen LogP contribution in [0.5, 0.6) is 0 Å². The molecule has 8 aromatic rings. The Morgan fingerprint density at radius 3 is 1.05 bits per heavy atom. The quantitative estimate of drug-likeness (QED) is 0.177. The predicted molar refractivity (Wildman–Crippen MR) is 181 cm³/mol. The van der Waals surface area contributed by atoms with E-state index in [1.54, 1.807) is 0 Å². The van der Waals surface area contributed by atoms with Gasteiger partial charge in [0.15, 0.2) is 0 Å². The van der Waals surface area contributed by atoms with Crippen molar-refractivity contribution in [3.05, 3.63) is 146 Å². The SMILES string of the molecule is c1ccc2c3c(ccc2c1)B1c2ccc4ccccc4c2-c2c(ccc4ccccc24)N1c1ccc2ccccc2c1-3. The van der Waals surface area contributed by atoms with Gasteiger partial charge in [0, 0.05) is 22.5 Å². The van der Waals surface area contributed by atoms with E-state index in [2.05, 4.69) is 150 Å². The van der Waals surface area contributed by atoms with E-state index in [4.69, 9.17) is 0 Å². The zero-order chi connectivity index (χ0) is 27.4. The number of nitrogens with zero attached hydrogens (tertiary/aromatic N) is 1. The van der Waals surface area contributed by atoms with Crippen LogP contribution in [0.1, 0.15) is 0 Å². The smallest absolute Gasteiger partial charge is 0.329 e. The maximum atomic E-state index is 2.64. The lowest BCUT2D eigenvalue weighted by Crippen LogP contribution is -2.59. The van der Waals surface area contributed by atoms with E-state index < -0.39 is 0 Å². The van der Waals surface area contributed by atoms with Crippen LogP contribution in [0.2, 0.25) is 0 Å². The van der Waals surface area contributed by atoms with Crippen molar-refractivity contribution in [3.8, 4) is 22.3 Å². The molecule has 2 aliphatic rings. The fraction of sp³-hybridized carbons (Fsp3) is 0. The molecule has 0 saturated heterocycles. The van der Waals surface area contributed by atoms with E-state index in [1.165, 1.54) is 87.6 Å². The first-order chi connectivity index (χ1) is 20.9. The molecule has 2 heterocycles. The van der Waals surface area contributed by atoms with Gasteiger partial charge in [0.1, 0.15) is 0 Å². The summed E-state index contributed by atoms with van der Waals surface area (Å²) in [5.74, 6) is 0. The van der Waals surface area contributed by atoms with Gasteiger partial charge in [-0.1, -0.05) is 133 Å². The van der Waals surface area contributed by atoms with Crippen LogP contribution in [-0.4, -0.2) is 6.85 Å². The summed E-state index contributed by atoms with van der Waals surface area (Å²) >= 11 is 0. The summed E-state index contributed by atoms with van der Waals surface area (Å²) in [6.07, 6.45) is 0. The highest BCUT2D eigenvalue weighted by Gasteiger charge is 2.44. The Labute approximate surface area is 244 Å². The van der Waals surface area contributed by atoms with Gasteiger partial charge < -0.3 is 4.81 Å². The molecule has 0 amide bonds. The van der Waals surface area contributed by atoms with Gasteiger partial charge in [-0.15, -0.1) is 0 Å². The molecule has 0 unspecified atom stereocenters. The van der Waals surface area contributed by atoms with Gasteiger partial charge in [-0.2, -0.15) is 0 Å². The number of hydrogen-bond donors (Lipinski definition) is 0. The highest BCUT2D eigenvalue weighted by molar-refractivity contribution is 6.93. The van der Waals surface area contributed by atoms with Gasteiger partial charge in [0.25, 0.3) is 0 Å². The van der Waals surface area contributed by atoms with Gasteiger partial charge in [0.2, 0.25) is 0 Å². The van der Waals surface area contributed by atoms with Crippen molar-refractivity contribution in [1.82, 2.24) is 0 Å². The molecule has 42 heavy (non-hydrogen) atoms. The molecule has 0 radical (unpaired) electrons. The number of benzene rings is 8. The average molecular weight is 529 g/mol. The van der Waals surface area contributed by atoms with Crippen molar-refractivity contribution in [1.29, 1.82) is 0 Å². The minimum atomic E-state index is 0.0616. The summed E-state index contributed by atoms with van der Waals surface area (Å²) in [5, 5.41) is 10.4. The largest absolute Gasteiger partial charge is 0.376 e. The van der Waals surface area contributed by atoms with E-state index in [0.29, 0.717) is 0 Å². The van der Waals surface area contributed by atoms with E-state index in [9.17, 15) is 0 Å². The second-order valence-corrected chi connectivity index (χ2v) is 11.6. The Bertz CT molecular complexity index is 2100. The number of anilines is 2. The van der Waals surface area contributed by atoms with E-state index in [-0.39, 0.29) is 6.85 Å². The third kappa shape index (κ3) is 2.79. The zero-order valence-corrected chi connectivity index (χ0v) is 22.9. The van der Waals surface area contributed by atoms with Crippen LogP contribution < -0.4 is 15.7 Å². The summed E-state index contributed by atoms with van der Waals surface area (Å²) in [7, 11) is 0. The Morgan fingerprint density at radius 1 is 0.310 bits per heavy atom. The summed E-state index contributed by atoms with van der Waals surface area (Å²) in [4.78, 5) is 2.64. The molecule has 0 bridgehead atoms. The standard InChI is InChI=1S/C40H24BN/c1-5-13-29-25(9-1)17-21-33-37(29)39-31-15-7-3-11-27(31)19-23-35(39)42-36-24-20-28-12-4-8-16-32(28)40(36)38-30-14-6-2-10-26(30)18-22-34(38)41(33)42/h1-24H. The summed E-state index contributed by atoms with van der Waals surface area (Å²) < 4.78 is 0. The fourth-order valence-electron chi connectivity index (χ4n) is 7.89. The highest BCUT2D eigenvalue weighted by Crippen LogP contribution is 2.52. The number of fused-ring (bicyclic) bond motifs is 19. The molecule has 1 nitrogen and oxygen atoms in total. The highest BCUT2D eigenvalue weighted by atomic mass is 15.1. The Balaban J connectivity index is 1.44. The average Bonchev–Trinajstić information content (AvgIpc) is 3.06. The van der Waals surface area contributed by atoms with Crippen molar-refractivity contribution in [2.45, 2.75) is 0 Å². The minimum Gasteiger partial charge on any atom is -0.376 e. The second-order valence-electron chi connectivity index (χ2n) is 11.6. The molecule has 0 saturated carbocycles. The number of hydrogen-bond acceptors (Lipinski definition) is 1. The molecule has 8 aromatic carbocycles. The summed E-state index contributed by atoms with van der Waals surface area (Å²) in [6, 6.07) is 54.3. The molecule has 2 aliphatic heterocycles. The van der Waals surface area contributed by atoms with Gasteiger partial charge >= 0.3 is 6.85 Å². The molecule has 0 atom stereocenters. The van der Waals surface area contributed by atoms with E-state index >= 15 is 0 Å². The van der Waals surface area contributed by atoms with Crippen LogP contribution >= 0.6 is 0 Å². The summed E-state index contributed by atoms with van der Waals surface area (Å²) in [6.45, 7) is 0.0616. The van der Waals surface area contributed by atoms with Crippen LogP contribution in [0.15, 0.2) is 146 Å². The maximum absolute atomic E-state index is 2.64. The van der Waals surface area contributed by atoms with Crippen LogP contribution in [-0.2, 0) is 0 Å². The van der Waals surface area contributed by atoms with Crippen molar-refractivity contribution < 1.29 is 0 Å². The molecule has 0 N–H and O–H groups in total. The third-order valence-corrected chi connectivity index (χ3v) is 9.60. The predicted octanol–water partition coefficient (Wildman–Crippen LogP) is 9.20. The van der Waals surface area contributed by atoms with Gasteiger partial charge in [-0.25, -0.2) is 0 Å². The van der Waals surface area contributed by atoms with Crippen molar-refractivity contribution in [2.75, 3.05) is 4.81 Å². The van der Waals surface area contributed by atoms with Crippen LogP contribution in [0, 0.1) is 0 Å². The van der Waals surface area contributed by atoms with Crippen LogP contribution in [0.3, 0.4) is 0 Å². The second kappa shape index (κ2) is 8.12. The maximum Gasteiger partial charge on any atom is 0.329 e.